The third kappa shape index (κ3) is 5.97. The minimum atomic E-state index is -0.344. The van der Waals surface area contributed by atoms with Crippen molar-refractivity contribution in [3.8, 4) is 0 Å². The molecular formula is C28H32O4. The number of hydrogen-bond acceptors (Lipinski definition) is 4. The van der Waals surface area contributed by atoms with E-state index in [4.69, 9.17) is 9.47 Å². The average molecular weight is 433 g/mol. The molecule has 4 heteroatoms. The van der Waals surface area contributed by atoms with Crippen molar-refractivity contribution in [1.82, 2.24) is 0 Å². The van der Waals surface area contributed by atoms with Gasteiger partial charge >= 0.3 is 11.9 Å². The van der Waals surface area contributed by atoms with Crippen molar-refractivity contribution in [2.45, 2.75) is 52.4 Å². The van der Waals surface area contributed by atoms with Crippen LogP contribution < -0.4 is 10.4 Å². The number of hydrogen-bond donors (Lipinski definition) is 0. The Morgan fingerprint density at radius 2 is 0.969 bits per heavy atom. The zero-order valence-electron chi connectivity index (χ0n) is 19.1. The fraction of sp³-hybridized carbons (Fsp3) is 0.357. The third-order valence-corrected chi connectivity index (χ3v) is 5.52. The largest absolute Gasteiger partial charge is 0.463 e. The van der Waals surface area contributed by atoms with Crippen LogP contribution in [0.3, 0.4) is 0 Å². The highest BCUT2D eigenvalue weighted by atomic mass is 16.5. The van der Waals surface area contributed by atoms with Crippen LogP contribution >= 0.6 is 0 Å². The summed E-state index contributed by atoms with van der Waals surface area (Å²) < 4.78 is 10.9. The summed E-state index contributed by atoms with van der Waals surface area (Å²) in [4.78, 5) is 25.1. The van der Waals surface area contributed by atoms with Gasteiger partial charge in [0.15, 0.2) is 0 Å². The molecule has 0 N–H and O–H groups in total. The Morgan fingerprint density at radius 1 is 0.625 bits per heavy atom. The Labute approximate surface area is 189 Å². The summed E-state index contributed by atoms with van der Waals surface area (Å²) in [5.74, 6) is -0.688. The molecule has 0 aliphatic carbocycles. The van der Waals surface area contributed by atoms with E-state index in [1.807, 2.05) is 48.5 Å². The van der Waals surface area contributed by atoms with Crippen LogP contribution in [0.2, 0.25) is 0 Å². The van der Waals surface area contributed by atoms with Crippen LogP contribution in [-0.2, 0) is 19.1 Å². The number of carbonyl (C=O) groups excluding carboxylic acids is 2. The van der Waals surface area contributed by atoms with Gasteiger partial charge < -0.3 is 9.47 Å². The highest BCUT2D eigenvalue weighted by molar-refractivity contribution is 6.11. The summed E-state index contributed by atoms with van der Waals surface area (Å²) in [5, 5.41) is 5.24. The minimum absolute atomic E-state index is 0.344. The lowest BCUT2D eigenvalue weighted by Crippen LogP contribution is -2.19. The van der Waals surface area contributed by atoms with Gasteiger partial charge in [-0.3, -0.25) is 0 Å². The van der Waals surface area contributed by atoms with Gasteiger partial charge in [-0.05, 0) is 44.8 Å². The summed E-state index contributed by atoms with van der Waals surface area (Å²) in [6.07, 6.45) is 9.12. The molecule has 0 bridgehead atoms. The van der Waals surface area contributed by atoms with Crippen molar-refractivity contribution in [1.29, 1.82) is 0 Å². The number of unbranched alkanes of at least 4 members (excludes halogenated alkanes) is 4. The van der Waals surface area contributed by atoms with E-state index in [0.29, 0.717) is 13.2 Å². The number of rotatable bonds is 10. The number of ether oxygens (including phenoxy) is 2. The molecule has 0 aromatic heterocycles. The minimum Gasteiger partial charge on any atom is -0.463 e. The predicted molar refractivity (Wildman–Crippen MR) is 131 cm³/mol. The van der Waals surface area contributed by atoms with Crippen LogP contribution in [0.1, 0.15) is 52.4 Å². The Bertz CT molecular complexity index is 1040. The van der Waals surface area contributed by atoms with E-state index >= 15 is 0 Å². The molecule has 3 rings (SSSR count). The van der Waals surface area contributed by atoms with Crippen LogP contribution in [0.4, 0.5) is 0 Å². The fourth-order valence-electron chi connectivity index (χ4n) is 3.88. The second-order valence-corrected chi connectivity index (χ2v) is 7.96. The highest BCUT2D eigenvalue weighted by Crippen LogP contribution is 2.14. The molecule has 0 saturated heterocycles. The lowest BCUT2D eigenvalue weighted by molar-refractivity contribution is -0.137. The van der Waals surface area contributed by atoms with Crippen molar-refractivity contribution in [2.75, 3.05) is 13.2 Å². The molecule has 3 aromatic rings. The maximum atomic E-state index is 12.5. The van der Waals surface area contributed by atoms with E-state index in [1.165, 1.54) is 0 Å². The maximum absolute atomic E-state index is 12.5. The van der Waals surface area contributed by atoms with Crippen molar-refractivity contribution in [3.63, 3.8) is 0 Å². The SMILES string of the molecule is CCCCCOC(=O)C=c1c2ccccc2c(=CC(=O)OCCCCC)c2ccccc12. The van der Waals surface area contributed by atoms with Gasteiger partial charge in [-0.1, -0.05) is 88.1 Å². The topological polar surface area (TPSA) is 52.6 Å². The molecule has 3 aromatic carbocycles. The van der Waals surface area contributed by atoms with E-state index in [2.05, 4.69) is 13.8 Å². The van der Waals surface area contributed by atoms with Gasteiger partial charge in [-0.2, -0.15) is 0 Å². The molecule has 0 heterocycles. The van der Waals surface area contributed by atoms with Crippen molar-refractivity contribution >= 4 is 45.6 Å². The zero-order valence-corrected chi connectivity index (χ0v) is 19.1. The van der Waals surface area contributed by atoms with E-state index in [0.717, 1.165) is 70.5 Å². The third-order valence-electron chi connectivity index (χ3n) is 5.52. The molecule has 0 aliphatic heterocycles. The summed E-state index contributed by atoms with van der Waals surface area (Å²) in [5.41, 5.74) is 0. The Hall–Kier alpha value is -3.14. The molecule has 0 atom stereocenters. The number of fused-ring (bicyclic) bond motifs is 2. The summed E-state index contributed by atoms with van der Waals surface area (Å²) in [6, 6.07) is 15.6. The van der Waals surface area contributed by atoms with Gasteiger partial charge in [-0.15, -0.1) is 0 Å². The predicted octanol–water partition coefficient (Wildman–Crippen LogP) is 5.02. The van der Waals surface area contributed by atoms with Crippen LogP contribution in [0.15, 0.2) is 48.5 Å². The normalized spacial score (nSPS) is 10.8. The van der Waals surface area contributed by atoms with Gasteiger partial charge in [0, 0.05) is 12.2 Å². The van der Waals surface area contributed by atoms with E-state index in [-0.39, 0.29) is 11.9 Å². The average Bonchev–Trinajstić information content (AvgIpc) is 2.81. The number of benzene rings is 3. The van der Waals surface area contributed by atoms with Crippen molar-refractivity contribution in [3.05, 3.63) is 59.0 Å². The lowest BCUT2D eigenvalue weighted by atomic mass is 9.97. The first-order valence-electron chi connectivity index (χ1n) is 11.6. The number of esters is 2. The van der Waals surface area contributed by atoms with Gasteiger partial charge in [0.2, 0.25) is 0 Å². The lowest BCUT2D eigenvalue weighted by Gasteiger charge is -2.08. The summed E-state index contributed by atoms with van der Waals surface area (Å²) >= 11 is 0. The van der Waals surface area contributed by atoms with Gasteiger partial charge in [-0.25, -0.2) is 9.59 Å². The molecule has 32 heavy (non-hydrogen) atoms. The molecule has 0 saturated carbocycles. The first-order valence-corrected chi connectivity index (χ1v) is 11.6. The van der Waals surface area contributed by atoms with Gasteiger partial charge in [0.25, 0.3) is 0 Å². The first-order chi connectivity index (χ1) is 15.7. The second kappa shape index (κ2) is 12.0. The molecule has 168 valence electrons. The molecule has 0 fully saturated rings. The monoisotopic (exact) mass is 432 g/mol. The molecule has 4 nitrogen and oxygen atoms in total. The molecule has 0 radical (unpaired) electrons. The quantitative estimate of drug-likeness (QED) is 0.256. The van der Waals surface area contributed by atoms with Crippen molar-refractivity contribution < 1.29 is 19.1 Å². The van der Waals surface area contributed by atoms with Gasteiger partial charge in [0.1, 0.15) is 0 Å². The van der Waals surface area contributed by atoms with Crippen LogP contribution in [0.5, 0.6) is 0 Å². The van der Waals surface area contributed by atoms with E-state index in [9.17, 15) is 9.59 Å². The number of carbonyl (C=O) groups is 2. The Morgan fingerprint density at radius 3 is 1.28 bits per heavy atom. The van der Waals surface area contributed by atoms with Crippen LogP contribution in [0.25, 0.3) is 33.7 Å². The molecule has 0 spiro atoms. The van der Waals surface area contributed by atoms with E-state index < -0.39 is 0 Å². The summed E-state index contributed by atoms with van der Waals surface area (Å²) in [6.45, 7) is 5.08. The zero-order chi connectivity index (χ0) is 22.8. The van der Waals surface area contributed by atoms with Gasteiger partial charge in [0.05, 0.1) is 13.2 Å². The smallest absolute Gasteiger partial charge is 0.331 e. The van der Waals surface area contributed by atoms with Crippen LogP contribution in [-0.4, -0.2) is 25.2 Å². The van der Waals surface area contributed by atoms with Crippen molar-refractivity contribution in [2.24, 2.45) is 0 Å². The molecule has 0 amide bonds. The van der Waals surface area contributed by atoms with Crippen LogP contribution in [0, 0.1) is 0 Å². The Kier molecular flexibility index (Phi) is 8.85. The highest BCUT2D eigenvalue weighted by Gasteiger charge is 2.09. The fourth-order valence-corrected chi connectivity index (χ4v) is 3.88. The Balaban J connectivity index is 2.09. The maximum Gasteiger partial charge on any atom is 0.331 e. The second-order valence-electron chi connectivity index (χ2n) is 7.96. The molecule has 0 unspecified atom stereocenters. The molecular weight excluding hydrogens is 400 g/mol. The molecule has 0 aliphatic rings. The van der Waals surface area contributed by atoms with E-state index in [1.54, 1.807) is 12.2 Å². The standard InChI is InChI=1S/C28H32O4/c1-3-5-11-17-31-27(29)19-25-21-13-7-9-15-23(21)26(24-16-10-8-14-22(24)25)20-28(30)32-18-12-6-4-2/h7-10,13-16,19-20H,3-6,11-12,17-18H2,1-2H3. The summed E-state index contributed by atoms with van der Waals surface area (Å²) in [7, 11) is 0. The first kappa shape index (κ1) is 23.5.